The van der Waals surface area contributed by atoms with Gasteiger partial charge in [0.15, 0.2) is 0 Å². The number of amides is 1. The van der Waals surface area contributed by atoms with Crippen LogP contribution >= 0.6 is 0 Å². The second-order valence-corrected chi connectivity index (χ2v) is 5.73. The molecule has 0 heterocycles. The van der Waals surface area contributed by atoms with Gasteiger partial charge in [0.2, 0.25) is 5.91 Å². The number of nitroso groups, excluding NO2 is 3. The lowest BCUT2D eigenvalue weighted by Crippen LogP contribution is -2.27. The van der Waals surface area contributed by atoms with Gasteiger partial charge in [-0.05, 0) is 52.2 Å². The number of carbonyl (C=O) groups is 1. The summed E-state index contributed by atoms with van der Waals surface area (Å²) in [5.41, 5.74) is 3.60. The van der Waals surface area contributed by atoms with Gasteiger partial charge in [-0.2, -0.15) is 0 Å². The molecule has 2 rings (SSSR count). The summed E-state index contributed by atoms with van der Waals surface area (Å²) < 4.78 is 0. The van der Waals surface area contributed by atoms with Crippen molar-refractivity contribution in [1.82, 2.24) is 5.43 Å². The number of hydrogen-bond donors (Lipinski definition) is 1. The molecule has 0 aliphatic heterocycles. The molecule has 128 valence electrons. The topological polar surface area (TPSA) is 117 Å². The molecule has 25 heavy (non-hydrogen) atoms. The summed E-state index contributed by atoms with van der Waals surface area (Å²) in [6.45, 7) is 1.93. The van der Waals surface area contributed by atoms with Crippen molar-refractivity contribution in [2.24, 2.45) is 15.6 Å². The number of nitrogens with zero attached hydrogens (tertiary/aromatic N) is 3. The van der Waals surface area contributed by atoms with Crippen molar-refractivity contribution in [2.45, 2.75) is 25.2 Å². The fraction of sp³-hybridized carbons (Fsp3) is 0.235. The number of benzene rings is 2. The van der Waals surface area contributed by atoms with E-state index < -0.39 is 11.3 Å². The highest BCUT2D eigenvalue weighted by molar-refractivity contribution is 5.75. The number of rotatable bonds is 8. The van der Waals surface area contributed by atoms with Crippen LogP contribution in [-0.4, -0.2) is 5.91 Å². The Balaban J connectivity index is 2.40. The lowest BCUT2D eigenvalue weighted by molar-refractivity contribution is -0.121. The van der Waals surface area contributed by atoms with E-state index in [2.05, 4.69) is 15.6 Å². The Morgan fingerprint density at radius 1 is 0.880 bits per heavy atom. The molecule has 0 aliphatic rings. The molecule has 2 aromatic rings. The third-order valence-electron chi connectivity index (χ3n) is 4.24. The van der Waals surface area contributed by atoms with Crippen molar-refractivity contribution < 1.29 is 4.79 Å². The molecule has 2 aromatic carbocycles. The van der Waals surface area contributed by atoms with E-state index in [1.807, 2.05) is 12.3 Å². The fourth-order valence-electron chi connectivity index (χ4n) is 2.71. The summed E-state index contributed by atoms with van der Waals surface area (Å²) in [6, 6.07) is 13.4. The van der Waals surface area contributed by atoms with E-state index in [-0.39, 0.29) is 6.42 Å². The van der Waals surface area contributed by atoms with Gasteiger partial charge in [-0.25, -0.2) is 5.43 Å². The third-order valence-corrected chi connectivity index (χ3v) is 4.24. The summed E-state index contributed by atoms with van der Waals surface area (Å²) in [5, 5.41) is 8.14. The molecule has 1 N–H and O–H groups in total. The summed E-state index contributed by atoms with van der Waals surface area (Å²) in [4.78, 5) is 43.0. The zero-order valence-corrected chi connectivity index (χ0v) is 13.5. The van der Waals surface area contributed by atoms with Crippen molar-refractivity contribution in [2.75, 3.05) is 0 Å². The Hall–Kier alpha value is -3.29. The molecule has 8 heteroatoms. The van der Waals surface area contributed by atoms with Crippen molar-refractivity contribution in [3.05, 3.63) is 74.4 Å². The van der Waals surface area contributed by atoms with E-state index in [1.54, 1.807) is 48.5 Å². The standard InChI is InChI=1S/C17H16N4O4/c1-17(11-10-16(22)18-21-25,12-2-6-14(19-23)7-3-12)13-4-8-15(20-24)9-5-13/h2-9H,10-11H2,1H3,(H,18,22,25). The lowest BCUT2D eigenvalue weighted by atomic mass is 9.73. The van der Waals surface area contributed by atoms with Crippen molar-refractivity contribution >= 4 is 17.3 Å². The molecular weight excluding hydrogens is 324 g/mol. The molecule has 0 saturated heterocycles. The quantitative estimate of drug-likeness (QED) is 0.567. The first kappa shape index (κ1) is 18.1. The third kappa shape index (κ3) is 4.17. The summed E-state index contributed by atoms with van der Waals surface area (Å²) in [7, 11) is 0. The number of carbonyl (C=O) groups excluding carboxylic acids is 1. The first-order valence-corrected chi connectivity index (χ1v) is 7.52. The maximum absolute atomic E-state index is 11.6. The van der Waals surface area contributed by atoms with Gasteiger partial charge in [0.25, 0.3) is 0 Å². The maximum Gasteiger partial charge on any atom is 0.242 e. The zero-order chi connectivity index (χ0) is 18.3. The predicted octanol–water partition coefficient (Wildman–Crippen LogP) is 4.37. The molecule has 0 saturated carbocycles. The van der Waals surface area contributed by atoms with Crippen LogP contribution < -0.4 is 5.43 Å². The highest BCUT2D eigenvalue weighted by Gasteiger charge is 2.29. The van der Waals surface area contributed by atoms with Crippen LogP contribution in [0.1, 0.15) is 30.9 Å². The van der Waals surface area contributed by atoms with Gasteiger partial charge >= 0.3 is 0 Å². The number of hydrogen-bond acceptors (Lipinski definition) is 7. The second kappa shape index (κ2) is 8.00. The van der Waals surface area contributed by atoms with Crippen molar-refractivity contribution in [1.29, 1.82) is 0 Å². The fourth-order valence-corrected chi connectivity index (χ4v) is 2.71. The molecule has 0 radical (unpaired) electrons. The van der Waals surface area contributed by atoms with Crippen LogP contribution in [-0.2, 0) is 10.2 Å². The minimum atomic E-state index is -0.594. The first-order chi connectivity index (χ1) is 12.0. The van der Waals surface area contributed by atoms with Crippen LogP contribution in [0.25, 0.3) is 0 Å². The van der Waals surface area contributed by atoms with Gasteiger partial charge in [0, 0.05) is 11.8 Å². The minimum Gasteiger partial charge on any atom is -0.273 e. The van der Waals surface area contributed by atoms with Gasteiger partial charge in [0.1, 0.15) is 11.4 Å². The minimum absolute atomic E-state index is 0.0730. The average molecular weight is 340 g/mol. The molecular formula is C17H16N4O4. The Morgan fingerprint density at radius 2 is 1.32 bits per heavy atom. The highest BCUT2D eigenvalue weighted by atomic mass is 16.3. The van der Waals surface area contributed by atoms with E-state index in [9.17, 15) is 19.5 Å². The van der Waals surface area contributed by atoms with E-state index >= 15 is 0 Å². The average Bonchev–Trinajstić information content (AvgIpc) is 2.66. The normalized spacial score (nSPS) is 10.8. The van der Waals surface area contributed by atoms with E-state index in [1.165, 1.54) is 0 Å². The molecule has 0 spiro atoms. The molecule has 0 unspecified atom stereocenters. The lowest BCUT2D eigenvalue weighted by Gasteiger charge is -2.31. The largest absolute Gasteiger partial charge is 0.273 e. The first-order valence-electron chi connectivity index (χ1n) is 7.52. The van der Waals surface area contributed by atoms with Gasteiger partial charge in [-0.15, -0.1) is 14.7 Å². The van der Waals surface area contributed by atoms with Gasteiger partial charge < -0.3 is 0 Å². The molecule has 0 fully saturated rings. The smallest absolute Gasteiger partial charge is 0.242 e. The van der Waals surface area contributed by atoms with Crippen LogP contribution in [0.3, 0.4) is 0 Å². The van der Waals surface area contributed by atoms with Crippen molar-refractivity contribution in [3.8, 4) is 0 Å². The van der Waals surface area contributed by atoms with E-state index in [4.69, 9.17) is 0 Å². The van der Waals surface area contributed by atoms with Crippen molar-refractivity contribution in [3.63, 3.8) is 0 Å². The van der Waals surface area contributed by atoms with Gasteiger partial charge in [-0.3, -0.25) is 4.79 Å². The van der Waals surface area contributed by atoms with Gasteiger partial charge in [0.05, 0.1) is 5.29 Å². The predicted molar refractivity (Wildman–Crippen MR) is 93.4 cm³/mol. The molecule has 0 atom stereocenters. The van der Waals surface area contributed by atoms with E-state index in [0.717, 1.165) is 11.1 Å². The second-order valence-electron chi connectivity index (χ2n) is 5.73. The van der Waals surface area contributed by atoms with Crippen LogP contribution in [0.15, 0.2) is 64.2 Å². The summed E-state index contributed by atoms with van der Waals surface area (Å²) in [6.07, 6.45) is 0.458. The van der Waals surface area contributed by atoms with Crippen LogP contribution in [0.2, 0.25) is 0 Å². The number of nitrogens with one attached hydrogen (secondary N) is 1. The molecule has 0 aromatic heterocycles. The maximum atomic E-state index is 11.6. The zero-order valence-electron chi connectivity index (χ0n) is 13.5. The molecule has 0 aliphatic carbocycles. The van der Waals surface area contributed by atoms with E-state index in [0.29, 0.717) is 17.8 Å². The molecule has 1 amide bonds. The molecule has 8 nitrogen and oxygen atoms in total. The van der Waals surface area contributed by atoms with Gasteiger partial charge in [-0.1, -0.05) is 31.2 Å². The summed E-state index contributed by atoms with van der Waals surface area (Å²) >= 11 is 0. The Morgan fingerprint density at radius 3 is 1.68 bits per heavy atom. The Labute approximate surface area is 143 Å². The molecule has 0 bridgehead atoms. The summed E-state index contributed by atoms with van der Waals surface area (Å²) in [5.74, 6) is -0.487. The van der Waals surface area contributed by atoms with Crippen LogP contribution in [0.4, 0.5) is 11.4 Å². The highest BCUT2D eigenvalue weighted by Crippen LogP contribution is 2.37. The Kier molecular flexibility index (Phi) is 5.78. The SMILES string of the molecule is CC(CCC(=O)NN=O)(c1ccc(N=O)cc1)c1ccc(N=O)cc1. The Bertz CT molecular complexity index is 721. The van der Waals surface area contributed by atoms with Crippen LogP contribution in [0, 0.1) is 14.7 Å². The van der Waals surface area contributed by atoms with Crippen LogP contribution in [0.5, 0.6) is 0 Å². The monoisotopic (exact) mass is 340 g/mol.